The Morgan fingerprint density at radius 1 is 1.33 bits per heavy atom. The number of ether oxygens (including phenoxy) is 2. The Kier molecular flexibility index (Phi) is 4.79. The van der Waals surface area contributed by atoms with E-state index in [0.717, 1.165) is 4.47 Å². The molecule has 0 aliphatic rings. The van der Waals surface area contributed by atoms with Crippen LogP contribution in [0.25, 0.3) is 0 Å². The minimum absolute atomic E-state index is 0.00931. The van der Waals surface area contributed by atoms with Crippen molar-refractivity contribution in [1.29, 1.82) is 0 Å². The van der Waals surface area contributed by atoms with E-state index in [1.807, 2.05) is 0 Å². The highest BCUT2D eigenvalue weighted by Crippen LogP contribution is 2.39. The summed E-state index contributed by atoms with van der Waals surface area (Å²) in [7, 11) is 0. The molecule has 0 fully saturated rings. The van der Waals surface area contributed by atoms with Crippen molar-refractivity contribution in [2.75, 3.05) is 6.61 Å². The molecule has 0 heterocycles. The number of hydrogen-bond donors (Lipinski definition) is 0. The van der Waals surface area contributed by atoms with Crippen LogP contribution in [0, 0.1) is 0 Å². The molecular weight excluding hydrogens is 338 g/mol. The van der Waals surface area contributed by atoms with Gasteiger partial charge in [0.25, 0.3) is 0 Å². The van der Waals surface area contributed by atoms with Gasteiger partial charge in [-0.1, -0.05) is 15.9 Å². The number of halogens is 4. The molecule has 0 N–H and O–H groups in total. The SMILES string of the molecule is CCOc1cc(Br)cc(Br)c1OC(F)F. The average molecular weight is 346 g/mol. The zero-order valence-corrected chi connectivity index (χ0v) is 10.9. The second kappa shape index (κ2) is 5.65. The molecule has 0 atom stereocenters. The molecule has 0 saturated heterocycles. The molecule has 2 nitrogen and oxygen atoms in total. The van der Waals surface area contributed by atoms with Crippen molar-refractivity contribution in [3.05, 3.63) is 21.1 Å². The maximum Gasteiger partial charge on any atom is 0.387 e. The fourth-order valence-electron chi connectivity index (χ4n) is 1.00. The normalized spacial score (nSPS) is 10.5. The quantitative estimate of drug-likeness (QED) is 0.813. The maximum absolute atomic E-state index is 12.1. The van der Waals surface area contributed by atoms with Crippen LogP contribution in [0.3, 0.4) is 0 Å². The molecule has 1 rings (SSSR count). The van der Waals surface area contributed by atoms with Gasteiger partial charge in [0, 0.05) is 4.47 Å². The van der Waals surface area contributed by atoms with E-state index < -0.39 is 6.61 Å². The van der Waals surface area contributed by atoms with E-state index in [1.54, 1.807) is 19.1 Å². The highest BCUT2D eigenvalue weighted by atomic mass is 79.9. The van der Waals surface area contributed by atoms with E-state index in [9.17, 15) is 8.78 Å². The second-order valence-electron chi connectivity index (χ2n) is 2.53. The molecule has 0 saturated carbocycles. The first-order valence-electron chi connectivity index (χ1n) is 4.11. The lowest BCUT2D eigenvalue weighted by Gasteiger charge is -2.13. The molecule has 15 heavy (non-hydrogen) atoms. The number of alkyl halides is 2. The summed E-state index contributed by atoms with van der Waals surface area (Å²) in [6, 6.07) is 3.19. The van der Waals surface area contributed by atoms with Crippen LogP contribution in [0.5, 0.6) is 11.5 Å². The van der Waals surface area contributed by atoms with Crippen molar-refractivity contribution in [1.82, 2.24) is 0 Å². The van der Waals surface area contributed by atoms with Gasteiger partial charge in [0.2, 0.25) is 0 Å². The van der Waals surface area contributed by atoms with Crippen LogP contribution in [-0.4, -0.2) is 13.2 Å². The summed E-state index contributed by atoms with van der Waals surface area (Å²) in [5.41, 5.74) is 0. The molecule has 0 aromatic heterocycles. The van der Waals surface area contributed by atoms with Crippen LogP contribution in [-0.2, 0) is 0 Å². The predicted molar refractivity (Wildman–Crippen MR) is 59.6 cm³/mol. The smallest absolute Gasteiger partial charge is 0.387 e. The zero-order chi connectivity index (χ0) is 11.4. The van der Waals surface area contributed by atoms with Crippen LogP contribution in [0.15, 0.2) is 21.1 Å². The van der Waals surface area contributed by atoms with E-state index in [-0.39, 0.29) is 11.5 Å². The number of hydrogen-bond acceptors (Lipinski definition) is 2. The van der Waals surface area contributed by atoms with Crippen LogP contribution in [0.4, 0.5) is 8.78 Å². The highest BCUT2D eigenvalue weighted by molar-refractivity contribution is 9.11. The monoisotopic (exact) mass is 344 g/mol. The molecule has 0 radical (unpaired) electrons. The molecule has 6 heteroatoms. The van der Waals surface area contributed by atoms with Crippen molar-refractivity contribution in [2.24, 2.45) is 0 Å². The van der Waals surface area contributed by atoms with E-state index in [1.165, 1.54) is 0 Å². The molecule has 1 aromatic rings. The lowest BCUT2D eigenvalue weighted by atomic mass is 10.3. The van der Waals surface area contributed by atoms with Gasteiger partial charge in [-0.05, 0) is 35.0 Å². The molecule has 0 spiro atoms. The standard InChI is InChI=1S/C9H8Br2F2O2/c1-2-14-7-4-5(10)3-6(11)8(7)15-9(12)13/h3-4,9H,2H2,1H3. The maximum atomic E-state index is 12.1. The van der Waals surface area contributed by atoms with Crippen molar-refractivity contribution < 1.29 is 18.3 Å². The lowest BCUT2D eigenvalue weighted by molar-refractivity contribution is -0.0519. The lowest BCUT2D eigenvalue weighted by Crippen LogP contribution is -2.05. The first-order valence-corrected chi connectivity index (χ1v) is 5.69. The Balaban J connectivity index is 3.08. The Morgan fingerprint density at radius 2 is 2.00 bits per heavy atom. The fraction of sp³-hybridized carbons (Fsp3) is 0.333. The van der Waals surface area contributed by atoms with Crippen LogP contribution >= 0.6 is 31.9 Å². The van der Waals surface area contributed by atoms with E-state index in [4.69, 9.17) is 4.74 Å². The summed E-state index contributed by atoms with van der Waals surface area (Å²) in [6.07, 6.45) is 0. The first kappa shape index (κ1) is 12.7. The van der Waals surface area contributed by atoms with Gasteiger partial charge in [0.1, 0.15) is 0 Å². The third-order valence-electron chi connectivity index (χ3n) is 1.48. The van der Waals surface area contributed by atoms with E-state index in [2.05, 4.69) is 36.6 Å². The third kappa shape index (κ3) is 3.61. The van der Waals surface area contributed by atoms with Gasteiger partial charge < -0.3 is 9.47 Å². The summed E-state index contributed by atoms with van der Waals surface area (Å²) >= 11 is 6.36. The molecule has 0 unspecified atom stereocenters. The second-order valence-corrected chi connectivity index (χ2v) is 4.30. The van der Waals surface area contributed by atoms with Gasteiger partial charge in [-0.3, -0.25) is 0 Å². The Labute approximate surface area is 103 Å². The largest absolute Gasteiger partial charge is 0.490 e. The molecule has 0 aliphatic heterocycles. The molecule has 0 amide bonds. The van der Waals surface area contributed by atoms with Gasteiger partial charge in [-0.25, -0.2) is 0 Å². The van der Waals surface area contributed by atoms with Crippen LogP contribution < -0.4 is 9.47 Å². The fourth-order valence-corrected chi connectivity index (χ4v) is 2.28. The van der Waals surface area contributed by atoms with E-state index in [0.29, 0.717) is 11.1 Å². The minimum Gasteiger partial charge on any atom is -0.490 e. The summed E-state index contributed by atoms with van der Waals surface area (Å²) in [5, 5.41) is 0. The Morgan fingerprint density at radius 3 is 2.53 bits per heavy atom. The van der Waals surface area contributed by atoms with Gasteiger partial charge >= 0.3 is 6.61 Å². The zero-order valence-electron chi connectivity index (χ0n) is 7.77. The van der Waals surface area contributed by atoms with Gasteiger partial charge in [-0.15, -0.1) is 0 Å². The summed E-state index contributed by atoms with van der Waals surface area (Å²) in [6.45, 7) is -0.731. The van der Waals surface area contributed by atoms with Crippen molar-refractivity contribution >= 4 is 31.9 Å². The first-order chi connectivity index (χ1) is 7.04. The number of rotatable bonds is 4. The average Bonchev–Trinajstić information content (AvgIpc) is 2.11. The molecular formula is C9H8Br2F2O2. The van der Waals surface area contributed by atoms with Gasteiger partial charge in [0.15, 0.2) is 11.5 Å². The van der Waals surface area contributed by atoms with Crippen molar-refractivity contribution in [3.8, 4) is 11.5 Å². The minimum atomic E-state index is -2.87. The summed E-state index contributed by atoms with van der Waals surface area (Å²) in [5.74, 6) is 0.286. The molecule has 0 bridgehead atoms. The van der Waals surface area contributed by atoms with E-state index >= 15 is 0 Å². The van der Waals surface area contributed by atoms with Gasteiger partial charge in [-0.2, -0.15) is 8.78 Å². The van der Waals surface area contributed by atoms with Crippen LogP contribution in [0.2, 0.25) is 0 Å². The Hall–Kier alpha value is -0.360. The van der Waals surface area contributed by atoms with Crippen LogP contribution in [0.1, 0.15) is 6.92 Å². The topological polar surface area (TPSA) is 18.5 Å². The predicted octanol–water partition coefficient (Wildman–Crippen LogP) is 4.21. The summed E-state index contributed by atoms with van der Waals surface area (Å²) < 4.78 is 34.9. The van der Waals surface area contributed by atoms with Crippen molar-refractivity contribution in [2.45, 2.75) is 13.5 Å². The third-order valence-corrected chi connectivity index (χ3v) is 2.53. The van der Waals surface area contributed by atoms with Gasteiger partial charge in [0.05, 0.1) is 11.1 Å². The molecule has 0 aliphatic carbocycles. The Bertz CT molecular complexity index is 345. The molecule has 84 valence electrons. The highest BCUT2D eigenvalue weighted by Gasteiger charge is 2.15. The molecule has 1 aromatic carbocycles. The van der Waals surface area contributed by atoms with Crippen molar-refractivity contribution in [3.63, 3.8) is 0 Å². The number of benzene rings is 1. The summed E-state index contributed by atoms with van der Waals surface area (Å²) in [4.78, 5) is 0.